The number of hydrogen-bond donors (Lipinski definition) is 0. The molecule has 1 saturated heterocycles. The first-order chi connectivity index (χ1) is 11.3. The van der Waals surface area contributed by atoms with Crippen LogP contribution in [0.25, 0.3) is 5.69 Å². The lowest BCUT2D eigenvalue weighted by atomic mass is 10.1. The summed E-state index contributed by atoms with van der Waals surface area (Å²) in [5.41, 5.74) is 1.02. The van der Waals surface area contributed by atoms with Crippen LogP contribution in [0.15, 0.2) is 36.5 Å². The van der Waals surface area contributed by atoms with Crippen molar-refractivity contribution in [3.05, 3.63) is 42.2 Å². The molecule has 2 heterocycles. The Balaban J connectivity index is 1.70. The summed E-state index contributed by atoms with van der Waals surface area (Å²) in [5, 5.41) is 4.29. The predicted octanol–water partition coefficient (Wildman–Crippen LogP) is 2.61. The van der Waals surface area contributed by atoms with Crippen LogP contribution in [0, 0.1) is 0 Å². The van der Waals surface area contributed by atoms with Gasteiger partial charge in [-0.15, -0.1) is 0 Å². The maximum atomic E-state index is 12.3. The Morgan fingerprint density at radius 3 is 2.87 bits per heavy atom. The third kappa shape index (κ3) is 3.71. The fraction of sp³-hybridized carbons (Fsp3) is 0.412. The third-order valence-electron chi connectivity index (χ3n) is 3.79. The molecule has 122 valence electrons. The molecule has 0 saturated carbocycles. The van der Waals surface area contributed by atoms with Crippen LogP contribution in [0.4, 0.5) is 0 Å². The first kappa shape index (κ1) is 15.6. The fourth-order valence-corrected chi connectivity index (χ4v) is 2.54. The first-order valence-electron chi connectivity index (χ1n) is 7.75. The van der Waals surface area contributed by atoms with Gasteiger partial charge in [0.1, 0.15) is 6.61 Å². The Labute approximate surface area is 135 Å². The molecule has 1 fully saturated rings. The van der Waals surface area contributed by atoms with E-state index < -0.39 is 5.97 Å². The smallest absolute Gasteiger partial charge is 0.362 e. The Hall–Kier alpha value is -2.34. The highest BCUT2D eigenvalue weighted by Gasteiger charge is 2.22. The molecule has 0 unspecified atom stereocenters. The molecule has 1 aliphatic heterocycles. The van der Waals surface area contributed by atoms with Gasteiger partial charge < -0.3 is 14.2 Å². The molecule has 2 aromatic rings. The molecule has 6 heteroatoms. The molecule has 0 spiro atoms. The van der Waals surface area contributed by atoms with Crippen molar-refractivity contribution in [3.63, 3.8) is 0 Å². The SMILES string of the molecule is COc1cn(-c2ccccc2)nc1C(=O)OC[C@H]1CCCCO1. The lowest BCUT2D eigenvalue weighted by molar-refractivity contribution is -0.0303. The van der Waals surface area contributed by atoms with E-state index in [9.17, 15) is 4.79 Å². The van der Waals surface area contributed by atoms with Gasteiger partial charge in [-0.1, -0.05) is 18.2 Å². The highest BCUT2D eigenvalue weighted by atomic mass is 16.6. The van der Waals surface area contributed by atoms with Crippen LogP contribution in [0.2, 0.25) is 0 Å². The summed E-state index contributed by atoms with van der Waals surface area (Å²) in [6.07, 6.45) is 4.75. The zero-order valence-corrected chi connectivity index (χ0v) is 13.1. The van der Waals surface area contributed by atoms with Gasteiger partial charge in [0.25, 0.3) is 0 Å². The fourth-order valence-electron chi connectivity index (χ4n) is 2.54. The number of esters is 1. The normalized spacial score (nSPS) is 17.7. The molecule has 0 radical (unpaired) electrons. The maximum Gasteiger partial charge on any atom is 0.362 e. The lowest BCUT2D eigenvalue weighted by Crippen LogP contribution is -2.26. The molecule has 1 aliphatic rings. The van der Waals surface area contributed by atoms with Gasteiger partial charge >= 0.3 is 5.97 Å². The van der Waals surface area contributed by atoms with Crippen molar-refractivity contribution in [2.75, 3.05) is 20.3 Å². The Morgan fingerprint density at radius 1 is 1.35 bits per heavy atom. The zero-order valence-electron chi connectivity index (χ0n) is 13.1. The number of para-hydroxylation sites is 1. The Kier molecular flexibility index (Phi) is 4.92. The maximum absolute atomic E-state index is 12.3. The van der Waals surface area contributed by atoms with Crippen molar-refractivity contribution < 1.29 is 19.0 Å². The first-order valence-corrected chi connectivity index (χ1v) is 7.75. The van der Waals surface area contributed by atoms with E-state index in [4.69, 9.17) is 14.2 Å². The minimum Gasteiger partial charge on any atom is -0.493 e. The summed E-state index contributed by atoms with van der Waals surface area (Å²) in [5.74, 6) is -0.103. The molecule has 3 rings (SSSR count). The minimum absolute atomic E-state index is 0.0186. The van der Waals surface area contributed by atoms with Gasteiger partial charge in [0.2, 0.25) is 5.69 Å². The second kappa shape index (κ2) is 7.28. The number of benzene rings is 1. The Bertz CT molecular complexity index is 648. The molecule has 23 heavy (non-hydrogen) atoms. The molecule has 0 bridgehead atoms. The quantitative estimate of drug-likeness (QED) is 0.794. The number of carbonyl (C=O) groups is 1. The van der Waals surface area contributed by atoms with Crippen molar-refractivity contribution in [2.45, 2.75) is 25.4 Å². The van der Waals surface area contributed by atoms with Crippen molar-refractivity contribution in [2.24, 2.45) is 0 Å². The average molecular weight is 316 g/mol. The number of rotatable bonds is 5. The highest BCUT2D eigenvalue weighted by molar-refractivity contribution is 5.90. The van der Waals surface area contributed by atoms with Gasteiger partial charge in [-0.2, -0.15) is 5.10 Å². The summed E-state index contributed by atoms with van der Waals surface area (Å²) in [4.78, 5) is 12.3. The van der Waals surface area contributed by atoms with Crippen LogP contribution < -0.4 is 4.74 Å². The van der Waals surface area contributed by atoms with E-state index in [1.807, 2.05) is 30.3 Å². The van der Waals surface area contributed by atoms with Gasteiger partial charge in [-0.25, -0.2) is 9.48 Å². The van der Waals surface area contributed by atoms with Crippen LogP contribution in [-0.4, -0.2) is 42.2 Å². The molecule has 1 aromatic heterocycles. The lowest BCUT2D eigenvalue weighted by Gasteiger charge is -2.21. The Morgan fingerprint density at radius 2 is 2.17 bits per heavy atom. The molecule has 0 amide bonds. The summed E-state index contributed by atoms with van der Waals surface area (Å²) < 4.78 is 17.7. The predicted molar refractivity (Wildman–Crippen MR) is 84.0 cm³/mol. The largest absolute Gasteiger partial charge is 0.493 e. The van der Waals surface area contributed by atoms with Crippen molar-refractivity contribution in [1.82, 2.24) is 9.78 Å². The molecule has 1 aromatic carbocycles. The van der Waals surface area contributed by atoms with E-state index in [0.717, 1.165) is 31.6 Å². The molecule has 6 nitrogen and oxygen atoms in total. The van der Waals surface area contributed by atoms with E-state index in [1.54, 1.807) is 10.9 Å². The van der Waals surface area contributed by atoms with Crippen LogP contribution in [0.1, 0.15) is 29.8 Å². The van der Waals surface area contributed by atoms with Gasteiger partial charge in [0.05, 0.1) is 25.1 Å². The second-order valence-electron chi connectivity index (χ2n) is 5.41. The zero-order chi connectivity index (χ0) is 16.1. The van der Waals surface area contributed by atoms with E-state index in [1.165, 1.54) is 7.11 Å². The molecular weight excluding hydrogens is 296 g/mol. The standard InChI is InChI=1S/C17H20N2O4/c1-21-15-11-19(13-7-3-2-4-8-13)18-16(15)17(20)23-12-14-9-5-6-10-22-14/h2-4,7-8,11,14H,5-6,9-10,12H2,1H3/t14-/m1/s1. The number of nitrogens with zero attached hydrogens (tertiary/aromatic N) is 2. The van der Waals surface area contributed by atoms with E-state index >= 15 is 0 Å². The highest BCUT2D eigenvalue weighted by Crippen LogP contribution is 2.21. The summed E-state index contributed by atoms with van der Waals surface area (Å²) in [6, 6.07) is 9.53. The number of aromatic nitrogens is 2. The van der Waals surface area contributed by atoms with Crippen LogP contribution >= 0.6 is 0 Å². The monoisotopic (exact) mass is 316 g/mol. The van der Waals surface area contributed by atoms with Gasteiger partial charge in [-0.3, -0.25) is 0 Å². The molecule has 1 atom stereocenters. The van der Waals surface area contributed by atoms with Crippen LogP contribution in [0.3, 0.4) is 0 Å². The van der Waals surface area contributed by atoms with Crippen molar-refractivity contribution in [3.8, 4) is 11.4 Å². The summed E-state index contributed by atoms with van der Waals surface area (Å²) in [6.45, 7) is 0.981. The van der Waals surface area contributed by atoms with E-state index in [-0.39, 0.29) is 18.4 Å². The van der Waals surface area contributed by atoms with Crippen molar-refractivity contribution >= 4 is 5.97 Å². The minimum atomic E-state index is -0.495. The summed E-state index contributed by atoms with van der Waals surface area (Å²) in [7, 11) is 1.51. The average Bonchev–Trinajstić information content (AvgIpc) is 3.06. The number of carbonyl (C=O) groups excluding carboxylic acids is 1. The van der Waals surface area contributed by atoms with E-state index in [2.05, 4.69) is 5.10 Å². The van der Waals surface area contributed by atoms with Crippen molar-refractivity contribution in [1.29, 1.82) is 0 Å². The number of hydrogen-bond acceptors (Lipinski definition) is 5. The molecular formula is C17H20N2O4. The van der Waals surface area contributed by atoms with Crippen LogP contribution in [0.5, 0.6) is 5.75 Å². The molecule has 0 N–H and O–H groups in total. The van der Waals surface area contributed by atoms with Gasteiger partial charge in [0.15, 0.2) is 5.75 Å². The van der Waals surface area contributed by atoms with E-state index in [0.29, 0.717) is 5.75 Å². The summed E-state index contributed by atoms with van der Waals surface area (Å²) >= 11 is 0. The number of ether oxygens (including phenoxy) is 3. The molecule has 0 aliphatic carbocycles. The second-order valence-corrected chi connectivity index (χ2v) is 5.41. The van der Waals surface area contributed by atoms with Crippen LogP contribution in [-0.2, 0) is 9.47 Å². The third-order valence-corrected chi connectivity index (χ3v) is 3.79. The number of methoxy groups -OCH3 is 1. The topological polar surface area (TPSA) is 62.6 Å². The van der Waals surface area contributed by atoms with Gasteiger partial charge in [-0.05, 0) is 31.4 Å². The van der Waals surface area contributed by atoms with Gasteiger partial charge in [0, 0.05) is 6.61 Å².